The summed E-state index contributed by atoms with van der Waals surface area (Å²) in [5, 5.41) is 12.7. The van der Waals surface area contributed by atoms with Gasteiger partial charge in [-0.25, -0.2) is 0 Å². The van der Waals surface area contributed by atoms with E-state index in [4.69, 9.17) is 27.9 Å². The molecule has 0 aliphatic rings. The van der Waals surface area contributed by atoms with Crippen molar-refractivity contribution in [2.24, 2.45) is 7.05 Å². The van der Waals surface area contributed by atoms with Gasteiger partial charge in [-0.3, -0.25) is 4.79 Å². The van der Waals surface area contributed by atoms with Crippen molar-refractivity contribution in [1.29, 1.82) is 0 Å². The van der Waals surface area contributed by atoms with Crippen molar-refractivity contribution < 1.29 is 4.74 Å². The van der Waals surface area contributed by atoms with Crippen molar-refractivity contribution in [2.45, 2.75) is 13.8 Å². The molecule has 7 nitrogen and oxygen atoms in total. The Morgan fingerprint density at radius 2 is 1.69 bits per heavy atom. The Hall–Kier alpha value is -3.13. The minimum atomic E-state index is -0.224. The average Bonchev–Trinajstić information content (AvgIpc) is 2.86. The van der Waals surface area contributed by atoms with Gasteiger partial charge in [-0.2, -0.15) is 0 Å². The Kier molecular flexibility index (Phi) is 7.90. The highest BCUT2D eigenvalue weighted by Gasteiger charge is 2.16. The molecule has 0 spiro atoms. The lowest BCUT2D eigenvalue weighted by Gasteiger charge is -2.18. The van der Waals surface area contributed by atoms with Crippen LogP contribution in [-0.2, 0) is 7.05 Å². The summed E-state index contributed by atoms with van der Waals surface area (Å²) >= 11 is 12.7. The van der Waals surface area contributed by atoms with Crippen molar-refractivity contribution in [2.75, 3.05) is 31.6 Å². The maximum Gasteiger partial charge on any atom is 0.258 e. The molecule has 1 N–H and O–H groups in total. The van der Waals surface area contributed by atoms with Crippen LogP contribution < -0.4 is 15.6 Å². The third-order valence-electron chi connectivity index (χ3n) is 5.91. The second-order valence-corrected chi connectivity index (χ2v) is 8.86. The molecule has 0 atom stereocenters. The molecule has 0 amide bonds. The number of pyridine rings is 1. The number of rotatable bonds is 9. The predicted molar refractivity (Wildman–Crippen MR) is 143 cm³/mol. The van der Waals surface area contributed by atoms with E-state index < -0.39 is 0 Å². The minimum Gasteiger partial charge on any atom is -0.492 e. The SMILES string of the molecule is CCN(CC)CCOc1ccc(Nc2cc3c(cc(-c4c(Cl)cccc4Cl)c(=O)n3C)nn2)cc1. The van der Waals surface area contributed by atoms with Gasteiger partial charge in [-0.05, 0) is 55.6 Å². The molecule has 0 aliphatic heterocycles. The topological polar surface area (TPSA) is 72.3 Å². The van der Waals surface area contributed by atoms with E-state index >= 15 is 0 Å². The van der Waals surface area contributed by atoms with Crippen LogP contribution in [-0.4, -0.2) is 45.9 Å². The van der Waals surface area contributed by atoms with Gasteiger partial charge in [-0.1, -0.05) is 43.1 Å². The number of nitrogens with one attached hydrogen (secondary N) is 1. The number of aromatic nitrogens is 3. The Labute approximate surface area is 214 Å². The number of halogens is 2. The van der Waals surface area contributed by atoms with Gasteiger partial charge in [0.05, 0.1) is 21.1 Å². The summed E-state index contributed by atoms with van der Waals surface area (Å²) in [7, 11) is 1.69. The number of ether oxygens (including phenoxy) is 1. The fourth-order valence-electron chi connectivity index (χ4n) is 3.86. The molecule has 0 aliphatic carbocycles. The summed E-state index contributed by atoms with van der Waals surface area (Å²) < 4.78 is 7.37. The van der Waals surface area contributed by atoms with Crippen LogP contribution in [0.2, 0.25) is 10.0 Å². The number of fused-ring (bicyclic) bond motifs is 1. The number of nitrogens with zero attached hydrogens (tertiary/aromatic N) is 4. The highest BCUT2D eigenvalue weighted by molar-refractivity contribution is 6.39. The molecule has 4 rings (SSSR count). The van der Waals surface area contributed by atoms with Crippen LogP contribution >= 0.6 is 23.2 Å². The Balaban J connectivity index is 1.53. The van der Waals surface area contributed by atoms with Crippen LogP contribution in [0.1, 0.15) is 13.8 Å². The van der Waals surface area contributed by atoms with E-state index in [2.05, 4.69) is 34.3 Å². The first kappa shape index (κ1) is 25.0. The van der Waals surface area contributed by atoms with E-state index in [0.29, 0.717) is 44.6 Å². The molecular weight excluding hydrogens is 485 g/mol. The zero-order valence-electron chi connectivity index (χ0n) is 19.9. The minimum absolute atomic E-state index is 0.224. The lowest BCUT2D eigenvalue weighted by atomic mass is 10.1. The summed E-state index contributed by atoms with van der Waals surface area (Å²) in [4.78, 5) is 15.4. The molecule has 9 heteroatoms. The first-order chi connectivity index (χ1) is 16.9. The second kappa shape index (κ2) is 11.1. The summed E-state index contributed by atoms with van der Waals surface area (Å²) in [5.74, 6) is 1.33. The Bertz CT molecular complexity index is 1370. The molecule has 0 saturated heterocycles. The van der Waals surface area contributed by atoms with E-state index in [1.807, 2.05) is 24.3 Å². The first-order valence-corrected chi connectivity index (χ1v) is 12.2. The maximum absolute atomic E-state index is 13.1. The molecule has 2 heterocycles. The van der Waals surface area contributed by atoms with Gasteiger partial charge in [0.2, 0.25) is 0 Å². The second-order valence-electron chi connectivity index (χ2n) is 8.04. The van der Waals surface area contributed by atoms with Crippen molar-refractivity contribution in [3.05, 3.63) is 75.0 Å². The van der Waals surface area contributed by atoms with E-state index in [-0.39, 0.29) is 5.56 Å². The largest absolute Gasteiger partial charge is 0.492 e. The summed E-state index contributed by atoms with van der Waals surface area (Å²) in [6, 6.07) is 16.3. The third-order valence-corrected chi connectivity index (χ3v) is 6.54. The number of hydrogen-bond acceptors (Lipinski definition) is 6. The molecule has 182 valence electrons. The number of hydrogen-bond donors (Lipinski definition) is 1. The number of likely N-dealkylation sites (N-methyl/N-ethyl adjacent to an activating group) is 1. The quantitative estimate of drug-likeness (QED) is 0.307. The van der Waals surface area contributed by atoms with Gasteiger partial charge in [0, 0.05) is 30.9 Å². The molecule has 0 unspecified atom stereocenters. The van der Waals surface area contributed by atoms with Crippen LogP contribution in [0.25, 0.3) is 22.2 Å². The van der Waals surface area contributed by atoms with Gasteiger partial charge in [0.1, 0.15) is 17.9 Å². The van der Waals surface area contributed by atoms with Crippen LogP contribution in [0.4, 0.5) is 11.5 Å². The van der Waals surface area contributed by atoms with Gasteiger partial charge in [0.15, 0.2) is 5.82 Å². The van der Waals surface area contributed by atoms with Crippen molar-refractivity contribution in [3.63, 3.8) is 0 Å². The summed E-state index contributed by atoms with van der Waals surface area (Å²) in [6.07, 6.45) is 0. The zero-order valence-corrected chi connectivity index (χ0v) is 21.4. The van der Waals surface area contributed by atoms with Crippen molar-refractivity contribution >= 4 is 45.7 Å². The van der Waals surface area contributed by atoms with E-state index in [0.717, 1.165) is 31.1 Å². The summed E-state index contributed by atoms with van der Waals surface area (Å²) in [6.45, 7) is 7.84. The fourth-order valence-corrected chi connectivity index (χ4v) is 4.46. The number of aryl methyl sites for hydroxylation is 1. The zero-order chi connectivity index (χ0) is 24.9. The van der Waals surface area contributed by atoms with Gasteiger partial charge < -0.3 is 19.5 Å². The van der Waals surface area contributed by atoms with Crippen LogP contribution in [0.5, 0.6) is 5.75 Å². The van der Waals surface area contributed by atoms with Gasteiger partial charge in [-0.15, -0.1) is 10.2 Å². The third kappa shape index (κ3) is 5.59. The lowest BCUT2D eigenvalue weighted by molar-refractivity contribution is 0.223. The van der Waals surface area contributed by atoms with Crippen molar-refractivity contribution in [3.8, 4) is 16.9 Å². The van der Waals surface area contributed by atoms with E-state index in [1.54, 1.807) is 37.4 Å². The smallest absolute Gasteiger partial charge is 0.258 e. The van der Waals surface area contributed by atoms with Crippen LogP contribution in [0.15, 0.2) is 59.4 Å². The number of anilines is 2. The van der Waals surface area contributed by atoms with E-state index in [9.17, 15) is 4.79 Å². The standard InChI is InChI=1S/C26H27Cl2N5O2/c1-4-33(5-2)13-14-35-18-11-9-17(10-12-18)29-24-16-23-22(30-31-24)15-19(26(34)32(23)3)25-20(27)7-6-8-21(25)28/h6-12,15-16H,4-5,13-14H2,1-3H3,(H,29,31). The molecule has 2 aromatic heterocycles. The number of benzene rings is 2. The first-order valence-electron chi connectivity index (χ1n) is 11.4. The molecule has 0 bridgehead atoms. The molecule has 35 heavy (non-hydrogen) atoms. The van der Waals surface area contributed by atoms with Gasteiger partial charge >= 0.3 is 0 Å². The maximum atomic E-state index is 13.1. The lowest BCUT2D eigenvalue weighted by Crippen LogP contribution is -2.27. The van der Waals surface area contributed by atoms with Crippen LogP contribution in [0, 0.1) is 0 Å². The summed E-state index contributed by atoms with van der Waals surface area (Å²) in [5.41, 5.74) is 2.66. The molecular formula is C26H27Cl2N5O2. The monoisotopic (exact) mass is 511 g/mol. The fraction of sp³-hybridized carbons (Fsp3) is 0.269. The van der Waals surface area contributed by atoms with E-state index in [1.165, 1.54) is 4.57 Å². The normalized spacial score (nSPS) is 11.3. The molecule has 0 fully saturated rings. The Morgan fingerprint density at radius 3 is 2.34 bits per heavy atom. The molecule has 2 aromatic carbocycles. The molecule has 0 radical (unpaired) electrons. The van der Waals surface area contributed by atoms with Crippen molar-refractivity contribution in [1.82, 2.24) is 19.7 Å². The Morgan fingerprint density at radius 1 is 1.00 bits per heavy atom. The highest BCUT2D eigenvalue weighted by Crippen LogP contribution is 2.33. The molecule has 0 saturated carbocycles. The average molecular weight is 512 g/mol. The molecule has 4 aromatic rings. The van der Waals surface area contributed by atoms with Crippen LogP contribution in [0.3, 0.4) is 0 Å². The van der Waals surface area contributed by atoms with Gasteiger partial charge in [0.25, 0.3) is 5.56 Å². The highest BCUT2D eigenvalue weighted by atomic mass is 35.5. The predicted octanol–water partition coefficient (Wildman–Crippen LogP) is 5.77.